The molecule has 2 aromatic heterocycles. The fourth-order valence-electron chi connectivity index (χ4n) is 3.68. The lowest BCUT2D eigenvalue weighted by molar-refractivity contribution is -0.118. The van der Waals surface area contributed by atoms with E-state index in [9.17, 15) is 4.79 Å². The third-order valence-corrected chi connectivity index (χ3v) is 7.72. The van der Waals surface area contributed by atoms with Gasteiger partial charge in [0.1, 0.15) is 10.5 Å². The van der Waals surface area contributed by atoms with E-state index in [0.717, 1.165) is 58.3 Å². The van der Waals surface area contributed by atoms with E-state index in [1.165, 1.54) is 10.5 Å². The first-order chi connectivity index (χ1) is 15.5. The number of para-hydroxylation sites is 2. The Balaban J connectivity index is 1.66. The molecule has 0 aliphatic carbocycles. The Morgan fingerprint density at radius 1 is 1.09 bits per heavy atom. The number of pyridine rings is 1. The number of thioether (sulfide) groups is 3. The average molecular weight is 490 g/mol. The second-order valence-corrected chi connectivity index (χ2v) is 11.1. The molecule has 3 rings (SSSR count). The van der Waals surface area contributed by atoms with E-state index < -0.39 is 0 Å². The predicted octanol–water partition coefficient (Wildman–Crippen LogP) is 6.68. The molecule has 3 aromatic rings. The number of amides is 1. The van der Waals surface area contributed by atoms with Gasteiger partial charge in [0.15, 0.2) is 5.58 Å². The van der Waals surface area contributed by atoms with E-state index in [1.807, 2.05) is 43.0 Å². The quantitative estimate of drug-likeness (QED) is 0.212. The van der Waals surface area contributed by atoms with Crippen molar-refractivity contribution < 1.29 is 9.21 Å². The number of nitrogens with two attached hydrogens (primary N) is 1. The van der Waals surface area contributed by atoms with E-state index in [4.69, 9.17) is 15.1 Å². The van der Waals surface area contributed by atoms with Gasteiger partial charge in [-0.1, -0.05) is 44.2 Å². The van der Waals surface area contributed by atoms with Crippen molar-refractivity contribution in [1.29, 1.82) is 0 Å². The van der Waals surface area contributed by atoms with Crippen LogP contribution < -0.4 is 5.73 Å². The zero-order valence-corrected chi connectivity index (χ0v) is 21.4. The van der Waals surface area contributed by atoms with Gasteiger partial charge in [-0.3, -0.25) is 4.79 Å². The molecule has 0 spiro atoms. The Morgan fingerprint density at radius 3 is 2.59 bits per heavy atom. The van der Waals surface area contributed by atoms with Crippen molar-refractivity contribution in [1.82, 2.24) is 9.97 Å². The first-order valence-corrected chi connectivity index (χ1v) is 14.0. The zero-order valence-electron chi connectivity index (χ0n) is 18.9. The number of unbranched alkanes of at least 4 members (excludes halogenated alkanes) is 1. The second-order valence-electron chi connectivity index (χ2n) is 7.51. The molecule has 0 saturated carbocycles. The van der Waals surface area contributed by atoms with Crippen molar-refractivity contribution >= 4 is 52.3 Å². The minimum Gasteiger partial charge on any atom is -0.431 e. The zero-order chi connectivity index (χ0) is 22.9. The summed E-state index contributed by atoms with van der Waals surface area (Å²) in [5.74, 6) is 2.70. The third kappa shape index (κ3) is 6.93. The summed E-state index contributed by atoms with van der Waals surface area (Å²) >= 11 is 5.22. The molecular formula is C24H31N3O2S3. The Labute approximate surface area is 203 Å². The fraction of sp³-hybridized carbons (Fsp3) is 0.458. The van der Waals surface area contributed by atoms with Gasteiger partial charge in [-0.25, -0.2) is 9.97 Å². The first-order valence-electron chi connectivity index (χ1n) is 11.1. The normalized spacial score (nSPS) is 12.3. The summed E-state index contributed by atoms with van der Waals surface area (Å²) < 4.78 is 5.79. The summed E-state index contributed by atoms with van der Waals surface area (Å²) in [6.45, 7) is 6.33. The van der Waals surface area contributed by atoms with Crippen molar-refractivity contribution in [2.45, 2.75) is 67.5 Å². The highest BCUT2D eigenvalue weighted by Crippen LogP contribution is 2.40. The van der Waals surface area contributed by atoms with Crippen LogP contribution in [0, 0.1) is 6.92 Å². The van der Waals surface area contributed by atoms with E-state index in [-0.39, 0.29) is 11.8 Å². The minimum absolute atomic E-state index is 0.0954. The average Bonchev–Trinajstić information content (AvgIpc) is 3.16. The van der Waals surface area contributed by atoms with Crippen LogP contribution in [0.4, 0.5) is 0 Å². The third-order valence-electron chi connectivity index (χ3n) is 5.00. The maximum absolute atomic E-state index is 11.9. The largest absolute Gasteiger partial charge is 0.431 e. The van der Waals surface area contributed by atoms with Gasteiger partial charge < -0.3 is 10.2 Å². The molecule has 0 aliphatic heterocycles. The van der Waals surface area contributed by atoms with Crippen LogP contribution in [0.2, 0.25) is 0 Å². The molecule has 2 N–H and O–H groups in total. The number of hydrogen-bond acceptors (Lipinski definition) is 7. The summed E-state index contributed by atoms with van der Waals surface area (Å²) in [6.07, 6.45) is 3.30. The summed E-state index contributed by atoms with van der Waals surface area (Å²) in [5.41, 5.74) is 9.60. The van der Waals surface area contributed by atoms with Crippen molar-refractivity contribution in [3.05, 3.63) is 41.6 Å². The molecular weight excluding hydrogens is 458 g/mol. The smallest absolute Gasteiger partial charge is 0.256 e. The van der Waals surface area contributed by atoms with Crippen LogP contribution >= 0.6 is 35.3 Å². The van der Waals surface area contributed by atoms with Crippen LogP contribution in [-0.4, -0.2) is 33.1 Å². The van der Waals surface area contributed by atoms with Crippen molar-refractivity contribution in [3.8, 4) is 0 Å². The second kappa shape index (κ2) is 12.6. The van der Waals surface area contributed by atoms with Crippen molar-refractivity contribution in [2.75, 3.05) is 17.3 Å². The lowest BCUT2D eigenvalue weighted by Crippen LogP contribution is -2.17. The molecule has 32 heavy (non-hydrogen) atoms. The highest BCUT2D eigenvalue weighted by atomic mass is 32.2. The van der Waals surface area contributed by atoms with E-state index >= 15 is 0 Å². The number of nitrogens with zero attached hydrogens (tertiary/aromatic N) is 2. The van der Waals surface area contributed by atoms with Crippen LogP contribution in [0.3, 0.4) is 0 Å². The molecule has 0 radical (unpaired) electrons. The summed E-state index contributed by atoms with van der Waals surface area (Å²) in [6, 6.07) is 9.98. The molecule has 1 aromatic carbocycles. The number of aromatic nitrogens is 2. The molecule has 1 atom stereocenters. The number of carbonyl (C=O) groups excluding carboxylic acids is 1. The number of carbonyl (C=O) groups is 1. The van der Waals surface area contributed by atoms with Gasteiger partial charge in [-0.15, -0.1) is 23.5 Å². The molecule has 5 nitrogen and oxygen atoms in total. The van der Waals surface area contributed by atoms with Gasteiger partial charge in [0.05, 0.1) is 0 Å². The van der Waals surface area contributed by atoms with Crippen molar-refractivity contribution in [3.63, 3.8) is 0 Å². The molecule has 0 fully saturated rings. The van der Waals surface area contributed by atoms with Crippen LogP contribution in [0.25, 0.3) is 11.1 Å². The fourth-order valence-corrected chi connectivity index (χ4v) is 6.48. The SMILES string of the molecule is CCSc1cc(C)nc(SCC)c1C(CCCCSc1nc2ccccc2o1)CC(N)=O. The van der Waals surface area contributed by atoms with Gasteiger partial charge in [0.2, 0.25) is 5.91 Å². The van der Waals surface area contributed by atoms with Gasteiger partial charge >= 0.3 is 0 Å². The number of aryl methyl sites for hydroxylation is 1. The number of oxazole rings is 1. The lowest BCUT2D eigenvalue weighted by atomic mass is 9.91. The summed E-state index contributed by atoms with van der Waals surface area (Å²) in [4.78, 5) is 22.5. The molecule has 8 heteroatoms. The van der Waals surface area contributed by atoms with Crippen molar-refractivity contribution in [2.24, 2.45) is 5.73 Å². The Hall–Kier alpha value is -1.64. The van der Waals surface area contributed by atoms with Crippen LogP contribution in [-0.2, 0) is 4.79 Å². The number of primary amides is 1. The highest BCUT2D eigenvalue weighted by Gasteiger charge is 2.23. The molecule has 1 amide bonds. The molecule has 172 valence electrons. The maximum atomic E-state index is 11.9. The molecule has 1 unspecified atom stereocenters. The van der Waals surface area contributed by atoms with Crippen LogP contribution in [0.1, 0.15) is 56.7 Å². The molecule has 0 bridgehead atoms. The lowest BCUT2D eigenvalue weighted by Gasteiger charge is -2.22. The topological polar surface area (TPSA) is 82.0 Å². The number of hydrogen-bond donors (Lipinski definition) is 1. The summed E-state index contributed by atoms with van der Waals surface area (Å²) in [5, 5.41) is 1.77. The van der Waals surface area contributed by atoms with Gasteiger partial charge in [0.25, 0.3) is 5.22 Å². The van der Waals surface area contributed by atoms with Crippen LogP contribution in [0.5, 0.6) is 0 Å². The maximum Gasteiger partial charge on any atom is 0.256 e. The van der Waals surface area contributed by atoms with Crippen LogP contribution in [0.15, 0.2) is 49.9 Å². The van der Waals surface area contributed by atoms with E-state index in [2.05, 4.69) is 24.9 Å². The highest BCUT2D eigenvalue weighted by molar-refractivity contribution is 8.00. The Morgan fingerprint density at radius 2 is 1.88 bits per heavy atom. The number of rotatable bonds is 13. The first kappa shape index (κ1) is 25.0. The van der Waals surface area contributed by atoms with E-state index in [1.54, 1.807) is 23.5 Å². The molecule has 0 saturated heterocycles. The number of fused-ring (bicyclic) bond motifs is 1. The monoisotopic (exact) mass is 489 g/mol. The summed E-state index contributed by atoms with van der Waals surface area (Å²) in [7, 11) is 0. The Kier molecular flexibility index (Phi) is 9.81. The standard InChI is InChI=1S/C24H31N3O2S3/c1-4-30-20-14-16(3)26-23(31-5-2)22(20)17(15-21(25)28)10-8-9-13-32-24-27-18-11-6-7-12-19(18)29-24/h6-7,11-12,14,17H,4-5,8-10,13,15H2,1-3H3,(H2,25,28). The predicted molar refractivity (Wildman–Crippen MR) is 137 cm³/mol. The van der Waals surface area contributed by atoms with E-state index in [0.29, 0.717) is 11.6 Å². The minimum atomic E-state index is -0.253. The molecule has 0 aliphatic rings. The molecule has 2 heterocycles. The van der Waals surface area contributed by atoms with Gasteiger partial charge in [-0.05, 0) is 55.4 Å². The number of benzene rings is 1. The Bertz CT molecular complexity index is 978. The van der Waals surface area contributed by atoms with Gasteiger partial charge in [-0.2, -0.15) is 0 Å². The van der Waals surface area contributed by atoms with Gasteiger partial charge in [0, 0.05) is 28.3 Å².